The summed E-state index contributed by atoms with van der Waals surface area (Å²) >= 11 is 6.20. The Morgan fingerprint density at radius 2 is 2.12 bits per heavy atom. The van der Waals surface area contributed by atoms with E-state index in [1.165, 1.54) is 24.1 Å². The SMILES string of the molecule is CN(C)CCCNc1ccc(Cl)c(C2CC2)c1. The number of rotatable bonds is 6. The number of benzene rings is 1. The molecular weight excluding hydrogens is 232 g/mol. The van der Waals surface area contributed by atoms with E-state index in [4.69, 9.17) is 11.6 Å². The molecule has 0 spiro atoms. The van der Waals surface area contributed by atoms with Gasteiger partial charge in [-0.15, -0.1) is 0 Å². The average molecular weight is 253 g/mol. The fourth-order valence-electron chi connectivity index (χ4n) is 1.99. The number of nitrogens with one attached hydrogen (secondary N) is 1. The standard InChI is InChI=1S/C14H21ClN2/c1-17(2)9-3-8-16-12-6-7-14(15)13(10-12)11-4-5-11/h6-7,10-11,16H,3-5,8-9H2,1-2H3. The molecule has 2 nitrogen and oxygen atoms in total. The average Bonchev–Trinajstić information content (AvgIpc) is 3.10. The third-order valence-electron chi connectivity index (χ3n) is 3.12. The monoisotopic (exact) mass is 252 g/mol. The van der Waals surface area contributed by atoms with Gasteiger partial charge in [-0.3, -0.25) is 0 Å². The summed E-state index contributed by atoms with van der Waals surface area (Å²) in [5.74, 6) is 0.714. The molecule has 1 N–H and O–H groups in total. The summed E-state index contributed by atoms with van der Waals surface area (Å²) in [6.07, 6.45) is 3.75. The van der Waals surface area contributed by atoms with Crippen LogP contribution in [0, 0.1) is 0 Å². The highest BCUT2D eigenvalue weighted by Gasteiger charge is 2.25. The first-order valence-electron chi connectivity index (χ1n) is 6.35. The molecule has 0 heterocycles. The van der Waals surface area contributed by atoms with Gasteiger partial charge in [0.25, 0.3) is 0 Å². The van der Waals surface area contributed by atoms with Crippen molar-refractivity contribution in [2.45, 2.75) is 25.2 Å². The summed E-state index contributed by atoms with van der Waals surface area (Å²) < 4.78 is 0. The molecule has 0 amide bonds. The lowest BCUT2D eigenvalue weighted by molar-refractivity contribution is 0.405. The molecule has 1 aromatic rings. The molecule has 0 unspecified atom stereocenters. The minimum Gasteiger partial charge on any atom is -0.385 e. The highest BCUT2D eigenvalue weighted by molar-refractivity contribution is 6.31. The third kappa shape index (κ3) is 3.90. The van der Waals surface area contributed by atoms with Crippen LogP contribution in [0.15, 0.2) is 18.2 Å². The maximum atomic E-state index is 6.20. The van der Waals surface area contributed by atoms with Crippen molar-refractivity contribution in [1.82, 2.24) is 4.90 Å². The molecule has 1 saturated carbocycles. The van der Waals surface area contributed by atoms with Gasteiger partial charge in [-0.2, -0.15) is 0 Å². The Kier molecular flexibility index (Phi) is 4.30. The Labute approximate surface area is 109 Å². The van der Waals surface area contributed by atoms with Crippen LogP contribution in [0.4, 0.5) is 5.69 Å². The lowest BCUT2D eigenvalue weighted by Gasteiger charge is -2.12. The van der Waals surface area contributed by atoms with Gasteiger partial charge in [-0.25, -0.2) is 0 Å². The Hall–Kier alpha value is -0.730. The van der Waals surface area contributed by atoms with Gasteiger partial charge in [0, 0.05) is 17.3 Å². The van der Waals surface area contributed by atoms with Crippen molar-refractivity contribution in [3.63, 3.8) is 0 Å². The van der Waals surface area contributed by atoms with Crippen LogP contribution in [0.1, 0.15) is 30.7 Å². The van der Waals surface area contributed by atoms with Crippen molar-refractivity contribution in [1.29, 1.82) is 0 Å². The molecule has 0 bridgehead atoms. The topological polar surface area (TPSA) is 15.3 Å². The van der Waals surface area contributed by atoms with Crippen molar-refractivity contribution in [3.05, 3.63) is 28.8 Å². The summed E-state index contributed by atoms with van der Waals surface area (Å²) in [5, 5.41) is 4.39. The van der Waals surface area contributed by atoms with Crippen LogP contribution < -0.4 is 5.32 Å². The second-order valence-corrected chi connectivity index (χ2v) is 5.50. The highest BCUT2D eigenvalue weighted by Crippen LogP contribution is 2.43. The van der Waals surface area contributed by atoms with E-state index in [2.05, 4.69) is 36.4 Å². The molecular formula is C14H21ClN2. The van der Waals surface area contributed by atoms with Gasteiger partial charge < -0.3 is 10.2 Å². The molecule has 1 aliphatic carbocycles. The van der Waals surface area contributed by atoms with Crippen LogP contribution in [-0.2, 0) is 0 Å². The smallest absolute Gasteiger partial charge is 0.0442 e. The van der Waals surface area contributed by atoms with Crippen LogP contribution in [-0.4, -0.2) is 32.1 Å². The first kappa shape index (κ1) is 12.7. The zero-order chi connectivity index (χ0) is 12.3. The van der Waals surface area contributed by atoms with Crippen molar-refractivity contribution >= 4 is 17.3 Å². The largest absolute Gasteiger partial charge is 0.385 e. The normalized spacial score (nSPS) is 15.3. The second-order valence-electron chi connectivity index (χ2n) is 5.09. The van der Waals surface area contributed by atoms with Crippen LogP contribution in [0.5, 0.6) is 0 Å². The molecule has 0 aliphatic heterocycles. The van der Waals surface area contributed by atoms with E-state index in [0.29, 0.717) is 5.92 Å². The number of hydrogen-bond donors (Lipinski definition) is 1. The molecule has 0 atom stereocenters. The molecule has 1 aromatic carbocycles. The van der Waals surface area contributed by atoms with Crippen LogP contribution >= 0.6 is 11.6 Å². The number of halogens is 1. The molecule has 0 aromatic heterocycles. The first-order valence-corrected chi connectivity index (χ1v) is 6.72. The van der Waals surface area contributed by atoms with Gasteiger partial charge in [0.2, 0.25) is 0 Å². The fourth-order valence-corrected chi connectivity index (χ4v) is 2.26. The van der Waals surface area contributed by atoms with E-state index in [9.17, 15) is 0 Å². The molecule has 0 saturated heterocycles. The fraction of sp³-hybridized carbons (Fsp3) is 0.571. The summed E-state index contributed by atoms with van der Waals surface area (Å²) in [5.41, 5.74) is 2.53. The minimum atomic E-state index is 0.714. The predicted octanol–water partition coefficient (Wildman–Crippen LogP) is 3.58. The lowest BCUT2D eigenvalue weighted by atomic mass is 10.1. The van der Waals surface area contributed by atoms with E-state index in [-0.39, 0.29) is 0 Å². The zero-order valence-corrected chi connectivity index (χ0v) is 11.4. The summed E-state index contributed by atoms with van der Waals surface area (Å²) in [4.78, 5) is 2.21. The molecule has 1 aliphatic rings. The van der Waals surface area contributed by atoms with Crippen molar-refractivity contribution in [2.24, 2.45) is 0 Å². The molecule has 17 heavy (non-hydrogen) atoms. The summed E-state index contributed by atoms with van der Waals surface area (Å²) in [7, 11) is 4.21. The van der Waals surface area contributed by atoms with E-state index in [0.717, 1.165) is 24.5 Å². The molecule has 0 radical (unpaired) electrons. The lowest BCUT2D eigenvalue weighted by Crippen LogP contribution is -2.16. The molecule has 2 rings (SSSR count). The van der Waals surface area contributed by atoms with Crippen molar-refractivity contribution in [2.75, 3.05) is 32.5 Å². The number of hydrogen-bond acceptors (Lipinski definition) is 2. The quantitative estimate of drug-likeness (QED) is 0.779. The van der Waals surface area contributed by atoms with Crippen molar-refractivity contribution < 1.29 is 0 Å². The molecule has 1 fully saturated rings. The van der Waals surface area contributed by atoms with E-state index in [1.807, 2.05) is 6.07 Å². The van der Waals surface area contributed by atoms with Crippen LogP contribution in [0.2, 0.25) is 5.02 Å². The van der Waals surface area contributed by atoms with Crippen LogP contribution in [0.3, 0.4) is 0 Å². The number of anilines is 1. The summed E-state index contributed by atoms with van der Waals surface area (Å²) in [6, 6.07) is 6.31. The van der Waals surface area contributed by atoms with E-state index >= 15 is 0 Å². The molecule has 3 heteroatoms. The van der Waals surface area contributed by atoms with E-state index < -0.39 is 0 Å². The Morgan fingerprint density at radius 1 is 1.35 bits per heavy atom. The first-order chi connectivity index (χ1) is 8.16. The highest BCUT2D eigenvalue weighted by atomic mass is 35.5. The van der Waals surface area contributed by atoms with E-state index in [1.54, 1.807) is 0 Å². The van der Waals surface area contributed by atoms with Gasteiger partial charge in [0.05, 0.1) is 0 Å². The maximum Gasteiger partial charge on any atom is 0.0442 e. The predicted molar refractivity (Wildman–Crippen MR) is 75.1 cm³/mol. The summed E-state index contributed by atoms with van der Waals surface area (Å²) in [6.45, 7) is 2.14. The molecule has 94 valence electrons. The van der Waals surface area contributed by atoms with Gasteiger partial charge in [-0.05, 0) is 69.6 Å². The van der Waals surface area contributed by atoms with Gasteiger partial charge in [0.15, 0.2) is 0 Å². The minimum absolute atomic E-state index is 0.714. The Balaban J connectivity index is 1.86. The number of nitrogens with zero attached hydrogens (tertiary/aromatic N) is 1. The van der Waals surface area contributed by atoms with Gasteiger partial charge in [-0.1, -0.05) is 11.6 Å². The Bertz CT molecular complexity index is 372. The van der Waals surface area contributed by atoms with Gasteiger partial charge >= 0.3 is 0 Å². The van der Waals surface area contributed by atoms with Gasteiger partial charge in [0.1, 0.15) is 0 Å². The Morgan fingerprint density at radius 3 is 2.76 bits per heavy atom. The zero-order valence-electron chi connectivity index (χ0n) is 10.7. The maximum absolute atomic E-state index is 6.20. The second kappa shape index (κ2) is 5.74. The van der Waals surface area contributed by atoms with Crippen LogP contribution in [0.25, 0.3) is 0 Å². The van der Waals surface area contributed by atoms with Crippen molar-refractivity contribution in [3.8, 4) is 0 Å². The third-order valence-corrected chi connectivity index (χ3v) is 3.47.